The summed E-state index contributed by atoms with van der Waals surface area (Å²) in [6.07, 6.45) is 8.65. The molecule has 1 aliphatic heterocycles. The van der Waals surface area contributed by atoms with Crippen molar-refractivity contribution in [2.24, 2.45) is 12.8 Å². The molecule has 0 atom stereocenters. The van der Waals surface area contributed by atoms with Crippen molar-refractivity contribution in [2.45, 2.75) is 12.8 Å². The molecule has 0 fully saturated rings. The van der Waals surface area contributed by atoms with Crippen LogP contribution in [0.2, 0.25) is 5.02 Å². The molecular weight excluding hydrogens is 507 g/mol. The first kappa shape index (κ1) is 23.9. The van der Waals surface area contributed by atoms with E-state index in [2.05, 4.69) is 15.1 Å². The number of halogens is 2. The number of rotatable bonds is 4. The van der Waals surface area contributed by atoms with E-state index in [9.17, 15) is 14.3 Å². The highest BCUT2D eigenvalue weighted by Crippen LogP contribution is 2.43. The lowest BCUT2D eigenvalue weighted by atomic mass is 9.95. The molecular formula is C28H24ClFN6O2. The van der Waals surface area contributed by atoms with Crippen LogP contribution in [0.1, 0.15) is 12.8 Å². The minimum Gasteiger partial charge on any atom is -0.507 e. The molecule has 192 valence electrons. The van der Waals surface area contributed by atoms with Crippen LogP contribution in [-0.2, 0) is 7.05 Å². The van der Waals surface area contributed by atoms with Crippen LogP contribution in [0.15, 0.2) is 77.7 Å². The van der Waals surface area contributed by atoms with Gasteiger partial charge in [-0.25, -0.2) is 9.18 Å². The average molecular weight is 531 g/mol. The number of nitrogens with one attached hydrogen (secondary N) is 1. The summed E-state index contributed by atoms with van der Waals surface area (Å²) in [6.45, 7) is 0.778. The normalized spacial score (nSPS) is 13.8. The quantitative estimate of drug-likeness (QED) is 0.293. The molecule has 8 nitrogen and oxygen atoms in total. The Balaban J connectivity index is 1.47. The van der Waals surface area contributed by atoms with Gasteiger partial charge in [0.05, 0.1) is 28.1 Å². The highest BCUT2D eigenvalue weighted by atomic mass is 35.5. The zero-order chi connectivity index (χ0) is 26.6. The molecule has 6 rings (SSSR count). The number of benzene rings is 3. The van der Waals surface area contributed by atoms with Gasteiger partial charge in [0.2, 0.25) is 0 Å². The summed E-state index contributed by atoms with van der Waals surface area (Å²) < 4.78 is 17.9. The van der Waals surface area contributed by atoms with E-state index in [0.29, 0.717) is 22.4 Å². The van der Waals surface area contributed by atoms with Crippen molar-refractivity contribution in [2.75, 3.05) is 11.4 Å². The molecule has 0 aliphatic carbocycles. The van der Waals surface area contributed by atoms with E-state index in [1.807, 2.05) is 18.3 Å². The molecule has 0 unspecified atom stereocenters. The van der Waals surface area contributed by atoms with Gasteiger partial charge in [0.25, 0.3) is 0 Å². The molecule has 3 aromatic carbocycles. The van der Waals surface area contributed by atoms with Crippen LogP contribution in [-0.4, -0.2) is 31.0 Å². The number of phenolic OH excluding ortho intramolecular Hbond substituents is 1. The molecule has 0 saturated heterocycles. The fourth-order valence-electron chi connectivity index (χ4n) is 4.96. The van der Waals surface area contributed by atoms with E-state index in [0.717, 1.165) is 41.7 Å². The van der Waals surface area contributed by atoms with Gasteiger partial charge in [-0.05, 0) is 60.4 Å². The minimum absolute atomic E-state index is 0.0920. The van der Waals surface area contributed by atoms with Crippen LogP contribution in [0.25, 0.3) is 38.8 Å². The zero-order valence-corrected chi connectivity index (χ0v) is 21.2. The first-order chi connectivity index (χ1) is 18.3. The lowest BCUT2D eigenvalue weighted by molar-refractivity contribution is 0.477. The van der Waals surface area contributed by atoms with Gasteiger partial charge in [-0.3, -0.25) is 9.67 Å². The Hall–Kier alpha value is -4.50. The van der Waals surface area contributed by atoms with Crippen LogP contribution in [0.5, 0.6) is 5.75 Å². The topological polar surface area (TPSA) is 105 Å². The van der Waals surface area contributed by atoms with Crippen molar-refractivity contribution in [3.8, 4) is 33.7 Å². The smallest absolute Gasteiger partial charge is 0.332 e. The maximum Gasteiger partial charge on any atom is 0.332 e. The number of nitrogens with zero attached hydrogens (tertiary/aromatic N) is 4. The van der Waals surface area contributed by atoms with Gasteiger partial charge in [-0.2, -0.15) is 5.10 Å². The Kier molecular flexibility index (Phi) is 5.72. The molecule has 10 heteroatoms. The third-order valence-electron chi connectivity index (χ3n) is 6.88. The summed E-state index contributed by atoms with van der Waals surface area (Å²) in [6, 6.07) is 11.3. The zero-order valence-electron chi connectivity index (χ0n) is 20.4. The second kappa shape index (κ2) is 9.11. The molecule has 0 bridgehead atoms. The maximum absolute atomic E-state index is 15.0. The number of imidazole rings is 1. The maximum atomic E-state index is 15.0. The van der Waals surface area contributed by atoms with Gasteiger partial charge in [0, 0.05) is 54.4 Å². The molecule has 1 aliphatic rings. The first-order valence-electron chi connectivity index (χ1n) is 12.1. The van der Waals surface area contributed by atoms with Crippen molar-refractivity contribution >= 4 is 28.2 Å². The number of allylic oxidation sites excluding steroid dienone is 1. The number of hydrogen-bond donors (Lipinski definition) is 3. The minimum atomic E-state index is -0.513. The van der Waals surface area contributed by atoms with E-state index >= 15 is 0 Å². The molecule has 0 amide bonds. The molecule has 5 aromatic rings. The van der Waals surface area contributed by atoms with Crippen molar-refractivity contribution in [3.63, 3.8) is 0 Å². The van der Waals surface area contributed by atoms with Crippen LogP contribution in [0.4, 0.5) is 10.1 Å². The van der Waals surface area contributed by atoms with Gasteiger partial charge < -0.3 is 20.3 Å². The van der Waals surface area contributed by atoms with E-state index < -0.39 is 5.82 Å². The van der Waals surface area contributed by atoms with Gasteiger partial charge >= 0.3 is 5.69 Å². The fourth-order valence-corrected chi connectivity index (χ4v) is 5.23. The number of aromatic nitrogens is 4. The fraction of sp³-hybridized carbons (Fsp3) is 0.143. The Morgan fingerprint density at radius 3 is 2.58 bits per heavy atom. The van der Waals surface area contributed by atoms with E-state index in [-0.39, 0.29) is 22.0 Å². The van der Waals surface area contributed by atoms with Crippen molar-refractivity contribution in [1.29, 1.82) is 0 Å². The summed E-state index contributed by atoms with van der Waals surface area (Å²) in [5.74, 6) is -0.605. The number of fused-ring (bicyclic) bond motifs is 1. The standard InChI is InChI=1S/C28H24ClFN6O2/c1-34-7-8-36(28(34)38)25-5-4-16(9-23(25)29)20-12-18(30)13-21(27(20)37)17-10-24-22(14-32-33-24)26(11-17)35-6-2-3-19(31)15-35/h4-5,7-15,37H,2-3,6,31H2,1H3,(H,32,33). The largest absolute Gasteiger partial charge is 0.507 e. The van der Waals surface area contributed by atoms with Gasteiger partial charge in [0.1, 0.15) is 11.6 Å². The summed E-state index contributed by atoms with van der Waals surface area (Å²) in [4.78, 5) is 14.4. The third kappa shape index (κ3) is 4.01. The molecule has 38 heavy (non-hydrogen) atoms. The van der Waals surface area contributed by atoms with Crippen LogP contribution >= 0.6 is 11.6 Å². The predicted octanol–water partition coefficient (Wildman–Crippen LogP) is 5.28. The van der Waals surface area contributed by atoms with Crippen LogP contribution in [0, 0.1) is 5.82 Å². The number of anilines is 1. The predicted molar refractivity (Wildman–Crippen MR) is 147 cm³/mol. The summed E-state index contributed by atoms with van der Waals surface area (Å²) in [5, 5.41) is 19.7. The van der Waals surface area contributed by atoms with Crippen molar-refractivity contribution in [1.82, 2.24) is 19.3 Å². The van der Waals surface area contributed by atoms with E-state index in [1.165, 1.54) is 21.3 Å². The molecule has 2 aromatic heterocycles. The summed E-state index contributed by atoms with van der Waals surface area (Å²) in [7, 11) is 1.65. The van der Waals surface area contributed by atoms with E-state index in [4.69, 9.17) is 17.3 Å². The van der Waals surface area contributed by atoms with Gasteiger partial charge in [-0.15, -0.1) is 0 Å². The lowest BCUT2D eigenvalue weighted by Gasteiger charge is -2.26. The summed E-state index contributed by atoms with van der Waals surface area (Å²) in [5.41, 5.74) is 10.5. The van der Waals surface area contributed by atoms with Crippen molar-refractivity contribution < 1.29 is 9.50 Å². The number of aryl methyl sites for hydroxylation is 1. The third-order valence-corrected chi connectivity index (χ3v) is 7.19. The molecule has 3 heterocycles. The Morgan fingerprint density at radius 1 is 1.08 bits per heavy atom. The second-order valence-corrected chi connectivity index (χ2v) is 9.81. The highest BCUT2D eigenvalue weighted by molar-refractivity contribution is 6.32. The monoisotopic (exact) mass is 530 g/mol. The number of aromatic hydroxyl groups is 1. The Morgan fingerprint density at radius 2 is 1.87 bits per heavy atom. The molecule has 0 saturated carbocycles. The second-order valence-electron chi connectivity index (χ2n) is 9.40. The van der Waals surface area contributed by atoms with Gasteiger partial charge in [-0.1, -0.05) is 17.7 Å². The summed E-state index contributed by atoms with van der Waals surface area (Å²) >= 11 is 6.54. The van der Waals surface area contributed by atoms with Crippen LogP contribution < -0.4 is 16.3 Å². The molecule has 0 spiro atoms. The first-order valence-corrected chi connectivity index (χ1v) is 12.4. The number of H-pyrrole nitrogens is 1. The Labute approximate surface area is 222 Å². The van der Waals surface area contributed by atoms with E-state index in [1.54, 1.807) is 43.8 Å². The number of hydrogen-bond acceptors (Lipinski definition) is 5. The van der Waals surface area contributed by atoms with Crippen molar-refractivity contribution in [3.05, 3.63) is 94.3 Å². The lowest BCUT2D eigenvalue weighted by Crippen LogP contribution is -2.24. The molecule has 4 N–H and O–H groups in total. The van der Waals surface area contributed by atoms with Crippen LogP contribution in [0.3, 0.4) is 0 Å². The van der Waals surface area contributed by atoms with Gasteiger partial charge in [0.15, 0.2) is 0 Å². The highest BCUT2D eigenvalue weighted by Gasteiger charge is 2.20. The SMILES string of the molecule is Cn1ccn(-c2ccc(-c3cc(F)cc(-c4cc(N5C=C(N)CCC5)c5cn[nH]c5c4)c3O)cc2Cl)c1=O. The number of phenols is 1. The Bertz CT molecular complexity index is 1800. The average Bonchev–Trinajstić information content (AvgIpc) is 3.51. The number of nitrogens with two attached hydrogens (primary N) is 1. The number of aromatic amines is 1. The molecule has 0 radical (unpaired) electrons.